The van der Waals surface area contributed by atoms with Gasteiger partial charge in [0.2, 0.25) is 0 Å². The second-order valence-electron chi connectivity index (χ2n) is 6.33. The molecule has 0 spiro atoms. The predicted octanol–water partition coefficient (Wildman–Crippen LogP) is 3.23. The van der Waals surface area contributed by atoms with E-state index in [1.807, 2.05) is 36.7 Å². The number of halogens is 1. The van der Waals surface area contributed by atoms with Crippen LogP contribution in [0.25, 0.3) is 11.4 Å². The van der Waals surface area contributed by atoms with E-state index in [0.29, 0.717) is 0 Å². The number of nitrogens with zero attached hydrogens (tertiary/aromatic N) is 3. The number of nitrogens with one attached hydrogen (secondary N) is 1. The molecule has 2 heterocycles. The molecule has 1 fully saturated rings. The van der Waals surface area contributed by atoms with Crippen molar-refractivity contribution in [1.82, 2.24) is 20.2 Å². The van der Waals surface area contributed by atoms with Gasteiger partial charge in [-0.3, -0.25) is 0 Å². The van der Waals surface area contributed by atoms with Crippen LogP contribution in [0, 0.1) is 5.92 Å². The van der Waals surface area contributed by atoms with Crippen LogP contribution in [0.1, 0.15) is 18.4 Å². The Morgan fingerprint density at radius 2 is 1.96 bits per heavy atom. The Kier molecular flexibility index (Phi) is 5.60. The topological polar surface area (TPSA) is 41.1 Å². The minimum Gasteiger partial charge on any atom is -0.316 e. The minimum atomic E-state index is 0.726. The lowest BCUT2D eigenvalue weighted by molar-refractivity contribution is 0.237. The maximum atomic E-state index is 5.91. The minimum absolute atomic E-state index is 0.726. The van der Waals surface area contributed by atoms with Gasteiger partial charge in [-0.05, 0) is 63.2 Å². The molecule has 1 unspecified atom stereocenters. The van der Waals surface area contributed by atoms with E-state index < -0.39 is 0 Å². The molecule has 3 rings (SSSR count). The van der Waals surface area contributed by atoms with Crippen molar-refractivity contribution >= 4 is 11.6 Å². The summed E-state index contributed by atoms with van der Waals surface area (Å²) in [6.07, 6.45) is 6.46. The van der Waals surface area contributed by atoms with Crippen molar-refractivity contribution in [2.45, 2.75) is 19.4 Å². The summed E-state index contributed by atoms with van der Waals surface area (Å²) in [6.45, 7) is 4.31. The first-order valence-corrected chi connectivity index (χ1v) is 8.54. The molecule has 1 aliphatic rings. The molecule has 2 aromatic rings. The standard InChI is InChI=1S/C18H23ClN4/c1-23(12-14-3-2-8-20-9-14)13-15-10-21-18(22-11-15)16-4-6-17(19)7-5-16/h4-7,10-11,14,20H,2-3,8-9,12-13H2,1H3. The Hall–Kier alpha value is -1.49. The summed E-state index contributed by atoms with van der Waals surface area (Å²) in [7, 11) is 2.17. The van der Waals surface area contributed by atoms with E-state index in [0.717, 1.165) is 47.5 Å². The number of aromatic nitrogens is 2. The highest BCUT2D eigenvalue weighted by molar-refractivity contribution is 6.30. The van der Waals surface area contributed by atoms with Gasteiger partial charge in [-0.2, -0.15) is 0 Å². The van der Waals surface area contributed by atoms with Crippen LogP contribution >= 0.6 is 11.6 Å². The van der Waals surface area contributed by atoms with E-state index in [-0.39, 0.29) is 0 Å². The molecule has 1 aliphatic heterocycles. The number of piperidine rings is 1. The lowest BCUT2D eigenvalue weighted by atomic mass is 9.99. The van der Waals surface area contributed by atoms with Crippen LogP contribution in [0.4, 0.5) is 0 Å². The smallest absolute Gasteiger partial charge is 0.159 e. The summed E-state index contributed by atoms with van der Waals surface area (Å²) >= 11 is 5.91. The molecule has 0 amide bonds. The first kappa shape index (κ1) is 16.4. The van der Waals surface area contributed by atoms with Crippen LogP contribution in [0.5, 0.6) is 0 Å². The van der Waals surface area contributed by atoms with Gasteiger partial charge < -0.3 is 10.2 Å². The number of benzene rings is 1. The molecule has 1 aromatic heterocycles. The largest absolute Gasteiger partial charge is 0.316 e. The van der Waals surface area contributed by atoms with Crippen LogP contribution in [0.15, 0.2) is 36.7 Å². The molecule has 122 valence electrons. The Balaban J connectivity index is 1.57. The highest BCUT2D eigenvalue weighted by atomic mass is 35.5. The van der Waals surface area contributed by atoms with Gasteiger partial charge in [-0.1, -0.05) is 11.6 Å². The van der Waals surface area contributed by atoms with E-state index in [9.17, 15) is 0 Å². The molecule has 23 heavy (non-hydrogen) atoms. The predicted molar refractivity (Wildman–Crippen MR) is 94.4 cm³/mol. The summed E-state index contributed by atoms with van der Waals surface area (Å²) in [5.74, 6) is 1.49. The van der Waals surface area contributed by atoms with Gasteiger partial charge in [0.1, 0.15) is 0 Å². The van der Waals surface area contributed by atoms with Crippen LogP contribution < -0.4 is 5.32 Å². The van der Waals surface area contributed by atoms with Crippen molar-refractivity contribution in [3.05, 3.63) is 47.2 Å². The molecule has 0 aliphatic carbocycles. The molecule has 1 atom stereocenters. The monoisotopic (exact) mass is 330 g/mol. The molecule has 4 nitrogen and oxygen atoms in total. The Bertz CT molecular complexity index is 606. The first-order valence-electron chi connectivity index (χ1n) is 8.17. The number of rotatable bonds is 5. The number of hydrogen-bond acceptors (Lipinski definition) is 4. The second kappa shape index (κ2) is 7.86. The van der Waals surface area contributed by atoms with Crippen LogP contribution in [0.3, 0.4) is 0 Å². The third-order valence-corrected chi connectivity index (χ3v) is 4.48. The zero-order valence-corrected chi connectivity index (χ0v) is 14.3. The van der Waals surface area contributed by atoms with Crippen molar-refractivity contribution in [2.75, 3.05) is 26.7 Å². The first-order chi connectivity index (χ1) is 11.2. The van der Waals surface area contributed by atoms with E-state index >= 15 is 0 Å². The summed E-state index contributed by atoms with van der Waals surface area (Å²) in [5.41, 5.74) is 2.14. The molecular formula is C18H23ClN4. The van der Waals surface area contributed by atoms with Crippen molar-refractivity contribution in [1.29, 1.82) is 0 Å². The fourth-order valence-corrected chi connectivity index (χ4v) is 3.21. The van der Waals surface area contributed by atoms with Crippen molar-refractivity contribution < 1.29 is 0 Å². The number of hydrogen-bond donors (Lipinski definition) is 1. The molecule has 5 heteroatoms. The van der Waals surface area contributed by atoms with Gasteiger partial charge in [0.05, 0.1) is 0 Å². The van der Waals surface area contributed by atoms with E-state index in [1.54, 1.807) is 0 Å². The zero-order chi connectivity index (χ0) is 16.1. The van der Waals surface area contributed by atoms with Crippen LogP contribution in [-0.4, -0.2) is 41.5 Å². The third kappa shape index (κ3) is 4.74. The molecule has 0 radical (unpaired) electrons. The van der Waals surface area contributed by atoms with Crippen molar-refractivity contribution in [3.8, 4) is 11.4 Å². The quantitative estimate of drug-likeness (QED) is 0.914. The van der Waals surface area contributed by atoms with Crippen molar-refractivity contribution in [3.63, 3.8) is 0 Å². The molecule has 1 saturated heterocycles. The van der Waals surface area contributed by atoms with Gasteiger partial charge in [-0.25, -0.2) is 9.97 Å². The normalized spacial score (nSPS) is 18.3. The molecule has 1 N–H and O–H groups in total. The SMILES string of the molecule is CN(Cc1cnc(-c2ccc(Cl)cc2)nc1)CC1CCCNC1. The Labute approximate surface area is 142 Å². The summed E-state index contributed by atoms with van der Waals surface area (Å²) in [4.78, 5) is 11.3. The van der Waals surface area contributed by atoms with E-state index in [4.69, 9.17) is 11.6 Å². The Morgan fingerprint density at radius 3 is 2.61 bits per heavy atom. The molecular weight excluding hydrogens is 308 g/mol. The summed E-state index contributed by atoms with van der Waals surface area (Å²) < 4.78 is 0. The van der Waals surface area contributed by atoms with Gasteiger partial charge in [0, 0.05) is 41.6 Å². The van der Waals surface area contributed by atoms with Gasteiger partial charge in [-0.15, -0.1) is 0 Å². The zero-order valence-electron chi connectivity index (χ0n) is 13.5. The average molecular weight is 331 g/mol. The van der Waals surface area contributed by atoms with E-state index in [2.05, 4.69) is 27.2 Å². The van der Waals surface area contributed by atoms with Crippen molar-refractivity contribution in [2.24, 2.45) is 5.92 Å². The van der Waals surface area contributed by atoms with Gasteiger partial charge in [0.15, 0.2) is 5.82 Å². The van der Waals surface area contributed by atoms with E-state index in [1.165, 1.54) is 19.4 Å². The molecule has 0 saturated carbocycles. The lowest BCUT2D eigenvalue weighted by Gasteiger charge is -2.27. The highest BCUT2D eigenvalue weighted by Gasteiger charge is 2.15. The lowest BCUT2D eigenvalue weighted by Crippen LogP contribution is -2.36. The van der Waals surface area contributed by atoms with Crippen LogP contribution in [0.2, 0.25) is 5.02 Å². The Morgan fingerprint density at radius 1 is 1.22 bits per heavy atom. The highest BCUT2D eigenvalue weighted by Crippen LogP contribution is 2.18. The van der Waals surface area contributed by atoms with Gasteiger partial charge >= 0.3 is 0 Å². The second-order valence-corrected chi connectivity index (χ2v) is 6.77. The fourth-order valence-electron chi connectivity index (χ4n) is 3.08. The molecule has 1 aromatic carbocycles. The third-order valence-electron chi connectivity index (χ3n) is 4.23. The summed E-state index contributed by atoms with van der Waals surface area (Å²) in [6, 6.07) is 7.61. The fraction of sp³-hybridized carbons (Fsp3) is 0.444. The summed E-state index contributed by atoms with van der Waals surface area (Å²) in [5, 5.41) is 4.20. The van der Waals surface area contributed by atoms with Crippen LogP contribution in [-0.2, 0) is 6.54 Å². The maximum Gasteiger partial charge on any atom is 0.159 e. The maximum absolute atomic E-state index is 5.91. The average Bonchev–Trinajstić information content (AvgIpc) is 2.57. The van der Waals surface area contributed by atoms with Gasteiger partial charge in [0.25, 0.3) is 0 Å². The molecule has 0 bridgehead atoms.